The monoisotopic (exact) mass is 400 g/mol. The second-order valence-electron chi connectivity index (χ2n) is 12.5. The van der Waals surface area contributed by atoms with Crippen LogP contribution in [0.5, 0.6) is 0 Å². The lowest BCUT2D eigenvalue weighted by Crippen LogP contribution is -2.58. The third kappa shape index (κ3) is 2.43. The van der Waals surface area contributed by atoms with Gasteiger partial charge in [-0.1, -0.05) is 46.3 Å². The minimum Gasteiger partial charge on any atom is -0.465 e. The Labute approximate surface area is 176 Å². The van der Waals surface area contributed by atoms with Crippen molar-refractivity contribution in [2.75, 3.05) is 6.61 Å². The maximum Gasteiger partial charge on any atom is 0.306 e. The Bertz CT molecular complexity index is 753. The van der Waals surface area contributed by atoms with Crippen molar-refractivity contribution in [1.82, 2.24) is 0 Å². The summed E-state index contributed by atoms with van der Waals surface area (Å²) in [6.07, 6.45) is 11.3. The van der Waals surface area contributed by atoms with E-state index in [1.54, 1.807) is 5.57 Å². The van der Waals surface area contributed by atoms with Gasteiger partial charge < -0.3 is 9.84 Å². The smallest absolute Gasteiger partial charge is 0.306 e. The Morgan fingerprint density at radius 2 is 1.79 bits per heavy atom. The zero-order chi connectivity index (χ0) is 20.8. The molecule has 4 aliphatic carbocycles. The highest BCUT2D eigenvalue weighted by atomic mass is 16.5. The highest BCUT2D eigenvalue weighted by Crippen LogP contribution is 2.73. The summed E-state index contributed by atoms with van der Waals surface area (Å²) < 4.78 is 5.38. The fraction of sp³-hybridized carbons (Fsp3) is 0.885. The Morgan fingerprint density at radius 1 is 1.03 bits per heavy atom. The lowest BCUT2D eigenvalue weighted by Gasteiger charge is -2.64. The van der Waals surface area contributed by atoms with Gasteiger partial charge >= 0.3 is 5.97 Å². The number of hydrogen-bond donors (Lipinski definition) is 1. The van der Waals surface area contributed by atoms with Crippen LogP contribution in [0.4, 0.5) is 0 Å². The van der Waals surface area contributed by atoms with Crippen molar-refractivity contribution in [3.63, 3.8) is 0 Å². The topological polar surface area (TPSA) is 46.5 Å². The standard InChI is InChI=1S/C26H40O3/c1-23(2)20-7-6-19-18(24(20,3)11-10-21(23)27)9-13-25(4)17(8-12-26(19,25)5)16-14-22(28)29-15-16/h6,16-18,20-21,27H,7-15H2,1-5H3/t16-,17+,18+,20+,21-,24-,25+,26-/m1/s1. The molecule has 3 nitrogen and oxygen atoms in total. The van der Waals surface area contributed by atoms with E-state index in [0.717, 1.165) is 19.3 Å². The molecule has 0 radical (unpaired) electrons. The number of carbonyl (C=O) groups is 1. The zero-order valence-corrected chi connectivity index (χ0v) is 19.1. The van der Waals surface area contributed by atoms with Gasteiger partial charge in [0.15, 0.2) is 0 Å². The lowest BCUT2D eigenvalue weighted by atomic mass is 9.41. The van der Waals surface area contributed by atoms with Crippen LogP contribution in [0, 0.1) is 45.3 Å². The molecule has 0 aromatic carbocycles. The number of ether oxygens (including phenoxy) is 1. The number of rotatable bonds is 1. The lowest BCUT2D eigenvalue weighted by molar-refractivity contribution is -0.137. The summed E-state index contributed by atoms with van der Waals surface area (Å²) in [6, 6.07) is 0. The first-order valence-electron chi connectivity index (χ1n) is 12.1. The van der Waals surface area contributed by atoms with Crippen molar-refractivity contribution in [2.45, 2.75) is 92.1 Å². The molecule has 0 amide bonds. The predicted molar refractivity (Wildman–Crippen MR) is 114 cm³/mol. The van der Waals surface area contributed by atoms with Crippen LogP contribution in [0.15, 0.2) is 11.6 Å². The molecule has 3 heteroatoms. The molecule has 5 rings (SSSR count). The highest BCUT2D eigenvalue weighted by molar-refractivity contribution is 5.71. The van der Waals surface area contributed by atoms with Gasteiger partial charge in [0.05, 0.1) is 19.1 Å². The third-order valence-corrected chi connectivity index (χ3v) is 11.3. The van der Waals surface area contributed by atoms with Crippen molar-refractivity contribution in [1.29, 1.82) is 0 Å². The maximum atomic E-state index is 11.8. The van der Waals surface area contributed by atoms with Gasteiger partial charge in [0, 0.05) is 5.92 Å². The van der Waals surface area contributed by atoms with E-state index in [9.17, 15) is 9.90 Å². The van der Waals surface area contributed by atoms with Gasteiger partial charge in [0.1, 0.15) is 0 Å². The van der Waals surface area contributed by atoms with Crippen molar-refractivity contribution in [2.24, 2.45) is 45.3 Å². The Kier molecular flexibility index (Phi) is 4.24. The number of hydrogen-bond acceptors (Lipinski definition) is 3. The molecule has 1 N–H and O–H groups in total. The van der Waals surface area contributed by atoms with Crippen LogP contribution in [0.3, 0.4) is 0 Å². The average molecular weight is 401 g/mol. The van der Waals surface area contributed by atoms with E-state index in [0.29, 0.717) is 42.1 Å². The van der Waals surface area contributed by atoms with Gasteiger partial charge in [-0.25, -0.2) is 0 Å². The normalized spacial score (nSPS) is 53.5. The van der Waals surface area contributed by atoms with Crippen LogP contribution >= 0.6 is 0 Å². The third-order valence-electron chi connectivity index (χ3n) is 11.3. The van der Waals surface area contributed by atoms with Gasteiger partial charge in [-0.2, -0.15) is 0 Å². The van der Waals surface area contributed by atoms with Gasteiger partial charge in [-0.15, -0.1) is 0 Å². The highest BCUT2D eigenvalue weighted by Gasteiger charge is 2.65. The molecule has 162 valence electrons. The SMILES string of the molecule is CC1(C)[C@H](O)CC[C@]2(C)[C@H]3CC[C@@]4(C)[C@H]([C@H]5COC(=O)C5)CC[C@]4(C)C3=CC[C@@H]12. The second kappa shape index (κ2) is 6.11. The van der Waals surface area contributed by atoms with E-state index >= 15 is 0 Å². The van der Waals surface area contributed by atoms with E-state index in [1.807, 2.05) is 0 Å². The number of allylic oxidation sites excluding steroid dienone is 2. The van der Waals surface area contributed by atoms with Gasteiger partial charge in [0.25, 0.3) is 0 Å². The van der Waals surface area contributed by atoms with Crippen LogP contribution in [0.1, 0.15) is 86.0 Å². The van der Waals surface area contributed by atoms with Gasteiger partial charge in [-0.3, -0.25) is 4.79 Å². The van der Waals surface area contributed by atoms with Crippen molar-refractivity contribution in [3.8, 4) is 0 Å². The zero-order valence-electron chi connectivity index (χ0n) is 19.1. The summed E-state index contributed by atoms with van der Waals surface area (Å²) in [7, 11) is 0. The summed E-state index contributed by atoms with van der Waals surface area (Å²) in [5.74, 6) is 2.26. The van der Waals surface area contributed by atoms with Crippen molar-refractivity contribution in [3.05, 3.63) is 11.6 Å². The van der Waals surface area contributed by atoms with E-state index in [2.05, 4.69) is 40.7 Å². The van der Waals surface area contributed by atoms with Crippen LogP contribution in [-0.2, 0) is 9.53 Å². The molecule has 3 saturated carbocycles. The largest absolute Gasteiger partial charge is 0.465 e. The fourth-order valence-corrected chi connectivity index (χ4v) is 9.29. The minimum absolute atomic E-state index is 0.00353. The molecule has 0 unspecified atom stereocenters. The number of fused-ring (bicyclic) bond motifs is 5. The molecule has 8 atom stereocenters. The summed E-state index contributed by atoms with van der Waals surface area (Å²) in [5.41, 5.74) is 2.57. The fourth-order valence-electron chi connectivity index (χ4n) is 9.29. The molecule has 1 saturated heterocycles. The van der Waals surface area contributed by atoms with E-state index in [1.165, 1.54) is 25.7 Å². The molecule has 0 spiro atoms. The summed E-state index contributed by atoms with van der Waals surface area (Å²) in [5, 5.41) is 10.7. The second-order valence-corrected chi connectivity index (χ2v) is 12.5. The Morgan fingerprint density at radius 3 is 2.48 bits per heavy atom. The Hall–Kier alpha value is -0.830. The quantitative estimate of drug-likeness (QED) is 0.466. The van der Waals surface area contributed by atoms with E-state index in [-0.39, 0.29) is 28.3 Å². The average Bonchev–Trinajstić information content (AvgIpc) is 3.19. The minimum atomic E-state index is -0.171. The number of aliphatic hydroxyl groups excluding tert-OH is 1. The molecule has 29 heavy (non-hydrogen) atoms. The van der Waals surface area contributed by atoms with Crippen LogP contribution in [0.25, 0.3) is 0 Å². The first-order chi connectivity index (χ1) is 13.5. The van der Waals surface area contributed by atoms with Gasteiger partial charge in [0.2, 0.25) is 0 Å². The summed E-state index contributed by atoms with van der Waals surface area (Å²) >= 11 is 0. The molecule has 1 heterocycles. The van der Waals surface area contributed by atoms with E-state index < -0.39 is 0 Å². The van der Waals surface area contributed by atoms with Crippen molar-refractivity contribution < 1.29 is 14.6 Å². The molecule has 5 aliphatic rings. The van der Waals surface area contributed by atoms with Crippen LogP contribution in [0.2, 0.25) is 0 Å². The van der Waals surface area contributed by atoms with Crippen LogP contribution in [-0.4, -0.2) is 23.8 Å². The number of aliphatic hydroxyl groups is 1. The predicted octanol–water partition coefficient (Wildman–Crippen LogP) is 5.52. The Balaban J connectivity index is 1.51. The van der Waals surface area contributed by atoms with Crippen molar-refractivity contribution >= 4 is 5.97 Å². The number of carbonyl (C=O) groups excluding carboxylic acids is 1. The summed E-state index contributed by atoms with van der Waals surface area (Å²) in [6.45, 7) is 12.9. The molecule has 1 aliphatic heterocycles. The molecular formula is C26H40O3. The molecule has 0 bridgehead atoms. The molecule has 0 aromatic rings. The number of cyclic esters (lactones) is 1. The van der Waals surface area contributed by atoms with E-state index in [4.69, 9.17) is 4.74 Å². The summed E-state index contributed by atoms with van der Waals surface area (Å²) in [4.78, 5) is 11.8. The molecule has 0 aromatic heterocycles. The number of esters is 1. The first-order valence-corrected chi connectivity index (χ1v) is 12.1. The molecule has 4 fully saturated rings. The molecular weight excluding hydrogens is 360 g/mol. The first kappa shape index (κ1) is 20.1. The maximum absolute atomic E-state index is 11.8. The van der Waals surface area contributed by atoms with Crippen LogP contribution < -0.4 is 0 Å². The van der Waals surface area contributed by atoms with Gasteiger partial charge in [-0.05, 0) is 84.4 Å².